The van der Waals surface area contributed by atoms with E-state index in [1.807, 2.05) is 0 Å². The first-order chi connectivity index (χ1) is 17.8. The Morgan fingerprint density at radius 1 is 0.947 bits per heavy atom. The number of rotatable bonds is 7. The van der Waals surface area contributed by atoms with Crippen molar-refractivity contribution in [2.24, 2.45) is 0 Å². The number of para-hydroxylation sites is 2. The summed E-state index contributed by atoms with van der Waals surface area (Å²) in [5.41, 5.74) is 1.61. The summed E-state index contributed by atoms with van der Waals surface area (Å²) < 4.78 is 82.2. The van der Waals surface area contributed by atoms with Crippen molar-refractivity contribution < 1.29 is 46.1 Å². The van der Waals surface area contributed by atoms with Crippen LogP contribution in [0.2, 0.25) is 0 Å². The van der Waals surface area contributed by atoms with Gasteiger partial charge in [0.15, 0.2) is 6.10 Å². The first-order valence-electron chi connectivity index (χ1n) is 11.3. The minimum absolute atomic E-state index is 0.0506. The number of aromatic carboxylic acids is 1. The van der Waals surface area contributed by atoms with E-state index in [-0.39, 0.29) is 18.7 Å². The summed E-state index contributed by atoms with van der Waals surface area (Å²) in [6.45, 7) is -0.683. The second-order valence-corrected chi connectivity index (χ2v) is 8.72. The van der Waals surface area contributed by atoms with Gasteiger partial charge in [0, 0.05) is 13.1 Å². The van der Waals surface area contributed by atoms with Crippen LogP contribution in [0.25, 0.3) is 0 Å². The number of hydrogen-bond donors (Lipinski definition) is 2. The molecule has 0 spiro atoms. The lowest BCUT2D eigenvalue weighted by Crippen LogP contribution is -2.49. The average Bonchev–Trinajstić information content (AvgIpc) is 2.84. The lowest BCUT2D eigenvalue weighted by Gasteiger charge is -2.45. The molecule has 202 valence electrons. The van der Waals surface area contributed by atoms with Crippen molar-refractivity contribution in [3.8, 4) is 5.75 Å². The smallest absolute Gasteiger partial charge is 0.478 e. The largest absolute Gasteiger partial charge is 0.573 e. The number of carboxylic acid groups (broad SMARTS) is 1. The fourth-order valence-corrected chi connectivity index (χ4v) is 4.44. The number of carbonyl (C=O) groups is 1. The Labute approximate surface area is 213 Å². The van der Waals surface area contributed by atoms with Crippen LogP contribution in [-0.4, -0.2) is 47.9 Å². The number of aliphatic hydroxyl groups excluding tert-OH is 1. The van der Waals surface area contributed by atoms with Crippen molar-refractivity contribution in [2.75, 3.05) is 22.9 Å². The van der Waals surface area contributed by atoms with Crippen molar-refractivity contribution in [1.82, 2.24) is 0 Å². The predicted molar refractivity (Wildman–Crippen MR) is 126 cm³/mol. The van der Waals surface area contributed by atoms with Crippen molar-refractivity contribution >= 4 is 17.3 Å². The van der Waals surface area contributed by atoms with Crippen LogP contribution in [0.3, 0.4) is 0 Å². The Morgan fingerprint density at radius 2 is 1.63 bits per heavy atom. The highest BCUT2D eigenvalue weighted by molar-refractivity contribution is 5.88. The third kappa shape index (κ3) is 6.31. The van der Waals surface area contributed by atoms with E-state index in [0.717, 1.165) is 6.07 Å². The molecule has 0 bridgehead atoms. The summed E-state index contributed by atoms with van der Waals surface area (Å²) in [6.07, 6.45) is -12.4. The van der Waals surface area contributed by atoms with Crippen LogP contribution >= 0.6 is 0 Å². The number of ether oxygens (including phenoxy) is 1. The Morgan fingerprint density at radius 3 is 2.29 bits per heavy atom. The van der Waals surface area contributed by atoms with Crippen molar-refractivity contribution in [3.63, 3.8) is 0 Å². The molecule has 6 nitrogen and oxygen atoms in total. The molecule has 3 aromatic rings. The van der Waals surface area contributed by atoms with Crippen LogP contribution in [0.15, 0.2) is 72.8 Å². The summed E-state index contributed by atoms with van der Waals surface area (Å²) in [4.78, 5) is 14.7. The molecule has 0 aromatic heterocycles. The fraction of sp³-hybridized carbons (Fsp3) is 0.269. The first kappa shape index (κ1) is 27.1. The monoisotopic (exact) mass is 540 g/mol. The number of halogens is 6. The summed E-state index contributed by atoms with van der Waals surface area (Å²) in [7, 11) is 0. The molecule has 1 aliphatic rings. The maximum absolute atomic E-state index is 13.3. The van der Waals surface area contributed by atoms with Crippen LogP contribution in [-0.2, 0) is 6.54 Å². The number of fused-ring (bicyclic) bond motifs is 1. The quantitative estimate of drug-likeness (QED) is 0.371. The van der Waals surface area contributed by atoms with Crippen molar-refractivity contribution in [3.05, 3.63) is 89.5 Å². The Hall–Kier alpha value is -3.93. The highest BCUT2D eigenvalue weighted by Crippen LogP contribution is 2.42. The molecule has 1 aliphatic heterocycles. The highest BCUT2D eigenvalue weighted by atomic mass is 19.4. The number of hydrogen-bond acceptors (Lipinski definition) is 5. The molecule has 12 heteroatoms. The van der Waals surface area contributed by atoms with E-state index >= 15 is 0 Å². The third-order valence-electron chi connectivity index (χ3n) is 6.07. The maximum Gasteiger partial charge on any atom is 0.573 e. The molecule has 2 N–H and O–H groups in total. The van der Waals surface area contributed by atoms with Crippen LogP contribution in [0.1, 0.15) is 27.5 Å². The molecule has 0 saturated heterocycles. The van der Waals surface area contributed by atoms with Gasteiger partial charge >= 0.3 is 18.5 Å². The Bertz CT molecular complexity index is 1300. The van der Waals surface area contributed by atoms with Gasteiger partial charge in [0.25, 0.3) is 0 Å². The number of β-amino-alcohol motifs (C(OH)–C–C–N with tert-alkyl or cyclic N) is 1. The van der Waals surface area contributed by atoms with Gasteiger partial charge in [0.2, 0.25) is 0 Å². The minimum atomic E-state index is -4.89. The number of anilines is 2. The fourth-order valence-electron chi connectivity index (χ4n) is 4.44. The molecular weight excluding hydrogens is 518 g/mol. The van der Waals surface area contributed by atoms with E-state index in [2.05, 4.69) is 4.74 Å². The van der Waals surface area contributed by atoms with E-state index in [4.69, 9.17) is 0 Å². The van der Waals surface area contributed by atoms with Gasteiger partial charge in [-0.2, -0.15) is 13.2 Å². The van der Waals surface area contributed by atoms with Gasteiger partial charge in [-0.25, -0.2) is 4.79 Å². The molecule has 0 saturated carbocycles. The molecule has 38 heavy (non-hydrogen) atoms. The molecule has 0 radical (unpaired) electrons. The van der Waals surface area contributed by atoms with Gasteiger partial charge in [0.1, 0.15) is 5.75 Å². The van der Waals surface area contributed by atoms with E-state index in [1.165, 1.54) is 35.2 Å². The van der Waals surface area contributed by atoms with Gasteiger partial charge in [-0.1, -0.05) is 36.4 Å². The number of carboxylic acids is 1. The van der Waals surface area contributed by atoms with E-state index in [9.17, 15) is 41.4 Å². The molecule has 3 aromatic carbocycles. The third-order valence-corrected chi connectivity index (χ3v) is 6.07. The summed E-state index contributed by atoms with van der Waals surface area (Å²) in [5, 5.41) is 19.3. The Kier molecular flexibility index (Phi) is 7.45. The SMILES string of the molecule is O=C(O)c1cccc(C2CN(Cc3cccc(OC(F)(F)F)c3)c3ccccc3N2CC(O)C(F)(F)F)c1. The number of nitrogens with zero attached hydrogens (tertiary/aromatic N) is 2. The summed E-state index contributed by atoms with van der Waals surface area (Å²) in [6, 6.07) is 16.8. The molecule has 2 unspecified atom stereocenters. The van der Waals surface area contributed by atoms with Gasteiger partial charge in [-0.05, 0) is 47.5 Å². The Balaban J connectivity index is 1.75. The number of alkyl halides is 6. The average molecular weight is 540 g/mol. The number of aliphatic hydroxyl groups is 1. The normalized spacial score (nSPS) is 16.7. The van der Waals surface area contributed by atoms with Crippen LogP contribution in [0, 0.1) is 0 Å². The molecule has 0 amide bonds. The van der Waals surface area contributed by atoms with E-state index in [0.29, 0.717) is 22.5 Å². The molecule has 0 aliphatic carbocycles. The van der Waals surface area contributed by atoms with Crippen LogP contribution < -0.4 is 14.5 Å². The number of benzene rings is 3. The maximum atomic E-state index is 13.3. The standard InChI is InChI=1S/C26H22F6N2O4/c27-25(28,29)23(35)15-34-21-10-2-1-9-20(21)33(13-16-5-3-8-19(11-16)38-26(30,31)32)14-22(34)17-6-4-7-18(12-17)24(36)37/h1-12,22-23,35H,13-15H2,(H,36,37). The van der Waals surface area contributed by atoms with Gasteiger partial charge in [0.05, 0.1) is 29.5 Å². The minimum Gasteiger partial charge on any atom is -0.478 e. The van der Waals surface area contributed by atoms with Crippen molar-refractivity contribution in [2.45, 2.75) is 31.2 Å². The lowest BCUT2D eigenvalue weighted by molar-refractivity contribution is -0.274. The zero-order valence-corrected chi connectivity index (χ0v) is 19.6. The van der Waals surface area contributed by atoms with Crippen LogP contribution in [0.4, 0.5) is 37.7 Å². The van der Waals surface area contributed by atoms with E-state index in [1.54, 1.807) is 41.3 Å². The van der Waals surface area contributed by atoms with Crippen LogP contribution in [0.5, 0.6) is 5.75 Å². The molecular formula is C26H22F6N2O4. The topological polar surface area (TPSA) is 73.2 Å². The van der Waals surface area contributed by atoms with E-state index < -0.39 is 42.9 Å². The summed E-state index contributed by atoms with van der Waals surface area (Å²) >= 11 is 0. The molecule has 4 rings (SSSR count). The zero-order valence-electron chi connectivity index (χ0n) is 19.6. The molecule has 2 atom stereocenters. The second-order valence-electron chi connectivity index (χ2n) is 8.72. The zero-order chi connectivity index (χ0) is 27.7. The molecule has 0 fully saturated rings. The second kappa shape index (κ2) is 10.4. The first-order valence-corrected chi connectivity index (χ1v) is 11.3. The summed E-state index contributed by atoms with van der Waals surface area (Å²) in [5.74, 6) is -1.63. The molecule has 1 heterocycles. The van der Waals surface area contributed by atoms with Gasteiger partial charge in [-0.15, -0.1) is 13.2 Å². The predicted octanol–water partition coefficient (Wildman–Crippen LogP) is 5.77. The highest BCUT2D eigenvalue weighted by Gasteiger charge is 2.42. The van der Waals surface area contributed by atoms with Gasteiger partial charge in [-0.3, -0.25) is 0 Å². The van der Waals surface area contributed by atoms with Gasteiger partial charge < -0.3 is 24.7 Å². The lowest BCUT2D eigenvalue weighted by atomic mass is 9.96. The van der Waals surface area contributed by atoms with Crippen molar-refractivity contribution in [1.29, 1.82) is 0 Å².